The molecule has 8 heteroatoms. The number of benzene rings is 1. The molecule has 0 aromatic heterocycles. The van der Waals surface area contributed by atoms with Crippen LogP contribution in [0.15, 0.2) is 23.8 Å². The fourth-order valence-corrected chi connectivity index (χ4v) is 1.93. The van der Waals surface area contributed by atoms with Gasteiger partial charge in [0, 0.05) is 5.56 Å². The molecule has 0 spiro atoms. The summed E-state index contributed by atoms with van der Waals surface area (Å²) < 4.78 is 4.89. The van der Waals surface area contributed by atoms with Gasteiger partial charge in [0.05, 0.1) is 13.1 Å². The van der Waals surface area contributed by atoms with Crippen molar-refractivity contribution in [3.05, 3.63) is 34.9 Å². The van der Waals surface area contributed by atoms with Gasteiger partial charge in [0.15, 0.2) is 5.11 Å². The minimum absolute atomic E-state index is 0.0766. The van der Waals surface area contributed by atoms with Crippen molar-refractivity contribution in [3.63, 3.8) is 0 Å². The number of amides is 2. The van der Waals surface area contributed by atoms with Crippen molar-refractivity contribution in [3.8, 4) is 5.75 Å². The van der Waals surface area contributed by atoms with E-state index in [0.29, 0.717) is 5.56 Å². The standard InChI is InChI=1S/C13H10N2O5S/c1-20-9-3-2-6(4-7(9)12(18)19)5-8-10(16)14-13(21)15-11(8)17/h2-5H,1H3,(H,18,19)(H2,14,15,16,17,21)/p-1. The molecular weight excluding hydrogens is 296 g/mol. The van der Waals surface area contributed by atoms with Crippen LogP contribution >= 0.6 is 12.2 Å². The molecule has 21 heavy (non-hydrogen) atoms. The molecule has 1 fully saturated rings. The van der Waals surface area contributed by atoms with Crippen LogP contribution in [0.3, 0.4) is 0 Å². The van der Waals surface area contributed by atoms with Crippen LogP contribution in [0, 0.1) is 0 Å². The van der Waals surface area contributed by atoms with Crippen molar-refractivity contribution in [2.45, 2.75) is 0 Å². The van der Waals surface area contributed by atoms with E-state index in [0.717, 1.165) is 0 Å². The van der Waals surface area contributed by atoms with Crippen LogP contribution in [0.25, 0.3) is 6.08 Å². The van der Waals surface area contributed by atoms with Gasteiger partial charge in [-0.05, 0) is 36.0 Å². The monoisotopic (exact) mass is 305 g/mol. The van der Waals surface area contributed by atoms with Gasteiger partial charge in [-0.15, -0.1) is 0 Å². The van der Waals surface area contributed by atoms with Gasteiger partial charge in [0.25, 0.3) is 11.8 Å². The molecule has 2 rings (SSSR count). The zero-order valence-electron chi connectivity index (χ0n) is 10.8. The minimum Gasteiger partial charge on any atom is -0.545 e. The van der Waals surface area contributed by atoms with E-state index in [1.807, 2.05) is 0 Å². The molecule has 7 nitrogen and oxygen atoms in total. The van der Waals surface area contributed by atoms with Gasteiger partial charge in [0.1, 0.15) is 11.3 Å². The normalized spacial score (nSPS) is 14.3. The lowest BCUT2D eigenvalue weighted by Gasteiger charge is -2.16. The quantitative estimate of drug-likeness (QED) is 0.420. The van der Waals surface area contributed by atoms with E-state index in [1.165, 1.54) is 31.4 Å². The second-order valence-electron chi connectivity index (χ2n) is 4.04. The van der Waals surface area contributed by atoms with Crippen LogP contribution in [0.1, 0.15) is 15.9 Å². The van der Waals surface area contributed by atoms with Crippen LogP contribution in [-0.4, -0.2) is 30.0 Å². The third kappa shape index (κ3) is 3.06. The van der Waals surface area contributed by atoms with E-state index in [9.17, 15) is 19.5 Å². The number of carbonyl (C=O) groups is 3. The second-order valence-corrected chi connectivity index (χ2v) is 4.45. The van der Waals surface area contributed by atoms with Crippen LogP contribution < -0.4 is 20.5 Å². The van der Waals surface area contributed by atoms with Gasteiger partial charge in [-0.3, -0.25) is 20.2 Å². The molecule has 1 saturated heterocycles. The molecule has 108 valence electrons. The maximum Gasteiger partial charge on any atom is 0.263 e. The number of nitrogens with one attached hydrogen (secondary N) is 2. The molecule has 0 unspecified atom stereocenters. The summed E-state index contributed by atoms with van der Waals surface area (Å²) in [4.78, 5) is 34.4. The van der Waals surface area contributed by atoms with Gasteiger partial charge in [-0.2, -0.15) is 0 Å². The Hall–Kier alpha value is -2.74. The molecule has 0 saturated carbocycles. The number of carboxylic acids is 1. The van der Waals surface area contributed by atoms with Crippen molar-refractivity contribution in [2.24, 2.45) is 0 Å². The van der Waals surface area contributed by atoms with E-state index in [2.05, 4.69) is 22.9 Å². The highest BCUT2D eigenvalue weighted by molar-refractivity contribution is 7.80. The topological polar surface area (TPSA) is 108 Å². The van der Waals surface area contributed by atoms with E-state index in [4.69, 9.17) is 4.74 Å². The molecule has 1 heterocycles. The smallest absolute Gasteiger partial charge is 0.263 e. The first-order valence-electron chi connectivity index (χ1n) is 5.70. The molecule has 0 atom stereocenters. The van der Waals surface area contributed by atoms with Crippen molar-refractivity contribution in [1.82, 2.24) is 10.6 Å². The van der Waals surface area contributed by atoms with Crippen molar-refractivity contribution < 1.29 is 24.2 Å². The predicted octanol–water partition coefficient (Wildman–Crippen LogP) is -1.03. The summed E-state index contributed by atoms with van der Waals surface area (Å²) in [7, 11) is 1.32. The summed E-state index contributed by atoms with van der Waals surface area (Å²) in [6.07, 6.45) is 1.25. The Morgan fingerprint density at radius 1 is 1.29 bits per heavy atom. The number of methoxy groups -OCH3 is 1. The number of carbonyl (C=O) groups excluding carboxylic acids is 3. The number of thiocarbonyl (C=S) groups is 1. The number of hydrogen-bond donors (Lipinski definition) is 2. The zero-order chi connectivity index (χ0) is 15.6. The molecular formula is C13H9N2O5S-. The molecule has 2 amide bonds. The zero-order valence-corrected chi connectivity index (χ0v) is 11.6. The molecule has 1 aromatic rings. The van der Waals surface area contributed by atoms with Gasteiger partial charge in [-0.1, -0.05) is 6.07 Å². The summed E-state index contributed by atoms with van der Waals surface area (Å²) in [5.74, 6) is -2.62. The summed E-state index contributed by atoms with van der Waals surface area (Å²) in [5.41, 5.74) is -0.0276. The Labute approximate surface area is 124 Å². The molecule has 2 N–H and O–H groups in total. The Bertz CT molecular complexity index is 674. The number of aromatic carboxylic acids is 1. The maximum atomic E-state index is 11.7. The number of ether oxygens (including phenoxy) is 1. The molecule has 1 aliphatic heterocycles. The first-order chi connectivity index (χ1) is 9.92. The van der Waals surface area contributed by atoms with Gasteiger partial charge in [0.2, 0.25) is 0 Å². The number of hydrogen-bond acceptors (Lipinski definition) is 6. The van der Waals surface area contributed by atoms with E-state index >= 15 is 0 Å². The molecule has 0 bridgehead atoms. The third-order valence-electron chi connectivity index (χ3n) is 2.70. The summed E-state index contributed by atoms with van der Waals surface area (Å²) in [6.45, 7) is 0. The lowest BCUT2D eigenvalue weighted by atomic mass is 10.1. The fourth-order valence-electron chi connectivity index (χ4n) is 1.75. The largest absolute Gasteiger partial charge is 0.545 e. The van der Waals surface area contributed by atoms with E-state index in [1.54, 1.807) is 0 Å². The van der Waals surface area contributed by atoms with Gasteiger partial charge in [-0.25, -0.2) is 0 Å². The van der Waals surface area contributed by atoms with Crippen molar-refractivity contribution >= 4 is 41.2 Å². The molecule has 0 aliphatic carbocycles. The van der Waals surface area contributed by atoms with Crippen LogP contribution in [0.2, 0.25) is 0 Å². The van der Waals surface area contributed by atoms with Crippen LogP contribution in [0.5, 0.6) is 5.75 Å². The Kier molecular flexibility index (Phi) is 3.99. The summed E-state index contributed by atoms with van der Waals surface area (Å²) in [5, 5.41) is 15.5. The molecule has 0 radical (unpaired) electrons. The van der Waals surface area contributed by atoms with Gasteiger partial charge >= 0.3 is 0 Å². The summed E-state index contributed by atoms with van der Waals surface area (Å²) >= 11 is 4.67. The SMILES string of the molecule is COc1ccc(C=C2C(=O)NC(=S)NC2=O)cc1C(=O)[O-]. The average Bonchev–Trinajstić information content (AvgIpc) is 2.42. The Morgan fingerprint density at radius 3 is 2.43 bits per heavy atom. The first kappa shape index (κ1) is 14.7. The molecule has 1 aromatic carbocycles. The van der Waals surface area contributed by atoms with Crippen LogP contribution in [0.4, 0.5) is 0 Å². The number of carboxylic acid groups (broad SMARTS) is 1. The lowest BCUT2D eigenvalue weighted by Crippen LogP contribution is -2.51. The van der Waals surface area contributed by atoms with Gasteiger partial charge < -0.3 is 14.6 Å². The maximum absolute atomic E-state index is 11.7. The summed E-state index contributed by atoms with van der Waals surface area (Å²) in [6, 6.07) is 4.15. The van der Waals surface area contributed by atoms with Crippen LogP contribution in [-0.2, 0) is 9.59 Å². The second kappa shape index (κ2) is 5.71. The predicted molar refractivity (Wildman–Crippen MR) is 74.2 cm³/mol. The number of rotatable bonds is 3. The van der Waals surface area contributed by atoms with E-state index < -0.39 is 17.8 Å². The third-order valence-corrected chi connectivity index (χ3v) is 2.90. The Balaban J connectivity index is 2.43. The Morgan fingerprint density at radius 2 is 1.90 bits per heavy atom. The van der Waals surface area contributed by atoms with Crippen molar-refractivity contribution in [1.29, 1.82) is 0 Å². The highest BCUT2D eigenvalue weighted by Crippen LogP contribution is 2.21. The highest BCUT2D eigenvalue weighted by atomic mass is 32.1. The van der Waals surface area contributed by atoms with Crippen molar-refractivity contribution in [2.75, 3.05) is 7.11 Å². The average molecular weight is 305 g/mol. The van der Waals surface area contributed by atoms with E-state index in [-0.39, 0.29) is 22.0 Å². The highest BCUT2D eigenvalue weighted by Gasteiger charge is 2.25. The first-order valence-corrected chi connectivity index (χ1v) is 6.11. The lowest BCUT2D eigenvalue weighted by molar-refractivity contribution is -0.255. The minimum atomic E-state index is -1.43. The fraction of sp³-hybridized carbons (Fsp3) is 0.0769. The molecule has 1 aliphatic rings.